The molecule has 0 radical (unpaired) electrons. The van der Waals surface area contributed by atoms with Gasteiger partial charge in [0.05, 0.1) is 17.2 Å². The van der Waals surface area contributed by atoms with Crippen molar-refractivity contribution < 1.29 is 0 Å². The van der Waals surface area contributed by atoms with Gasteiger partial charge in [-0.2, -0.15) is 0 Å². The molecule has 5 nitrogen and oxygen atoms in total. The number of hydrogen-bond acceptors (Lipinski definition) is 5. The molecule has 0 aliphatic carbocycles. The van der Waals surface area contributed by atoms with Crippen molar-refractivity contribution >= 4 is 52.6 Å². The smallest absolute Gasteiger partial charge is 0.191 e. The van der Waals surface area contributed by atoms with Crippen molar-refractivity contribution in [3.63, 3.8) is 0 Å². The third-order valence-electron chi connectivity index (χ3n) is 4.22. The first-order chi connectivity index (χ1) is 13.7. The van der Waals surface area contributed by atoms with Crippen molar-refractivity contribution in [2.45, 2.75) is 40.2 Å². The van der Waals surface area contributed by atoms with Crippen molar-refractivity contribution in [1.82, 2.24) is 20.6 Å². The number of rotatable bonds is 8. The molecule has 0 bridgehead atoms. The van der Waals surface area contributed by atoms with E-state index in [1.165, 1.54) is 14.8 Å². The minimum atomic E-state index is 0. The Balaban J connectivity index is 0.00000300. The highest BCUT2D eigenvalue weighted by molar-refractivity contribution is 14.0. The molecule has 29 heavy (non-hydrogen) atoms. The van der Waals surface area contributed by atoms with E-state index in [9.17, 15) is 0 Å². The molecule has 1 aromatic carbocycles. The maximum absolute atomic E-state index is 4.75. The summed E-state index contributed by atoms with van der Waals surface area (Å²) < 4.78 is 0. The number of thiazole rings is 2. The molecule has 0 amide bonds. The Kier molecular flexibility index (Phi) is 10.0. The molecule has 2 heterocycles. The van der Waals surface area contributed by atoms with Crippen molar-refractivity contribution in [3.8, 4) is 10.6 Å². The van der Waals surface area contributed by atoms with Gasteiger partial charge in [-0.1, -0.05) is 37.3 Å². The van der Waals surface area contributed by atoms with Gasteiger partial charge in [0.15, 0.2) is 5.96 Å². The largest absolute Gasteiger partial charge is 0.357 e. The molecule has 0 saturated carbocycles. The zero-order valence-corrected chi connectivity index (χ0v) is 21.0. The summed E-state index contributed by atoms with van der Waals surface area (Å²) in [4.78, 5) is 16.5. The first-order valence-electron chi connectivity index (χ1n) is 9.67. The van der Waals surface area contributed by atoms with Gasteiger partial charge >= 0.3 is 0 Å². The number of aryl methyl sites for hydroxylation is 2. The number of benzene rings is 1. The lowest BCUT2D eigenvalue weighted by atomic mass is 10.2. The highest BCUT2D eigenvalue weighted by atomic mass is 127. The third-order valence-corrected chi connectivity index (χ3v) is 6.61. The molecular weight excluding hydrogens is 513 g/mol. The van der Waals surface area contributed by atoms with E-state index in [1.54, 1.807) is 22.7 Å². The average molecular weight is 542 g/mol. The minimum Gasteiger partial charge on any atom is -0.357 e. The van der Waals surface area contributed by atoms with E-state index < -0.39 is 0 Å². The summed E-state index contributed by atoms with van der Waals surface area (Å²) in [6.07, 6.45) is 3.94. The molecule has 3 aromatic rings. The number of hydrogen-bond donors (Lipinski definition) is 2. The number of guanidine groups is 1. The van der Waals surface area contributed by atoms with E-state index >= 15 is 0 Å². The van der Waals surface area contributed by atoms with Gasteiger partial charge < -0.3 is 10.6 Å². The van der Waals surface area contributed by atoms with Crippen molar-refractivity contribution in [2.75, 3.05) is 13.1 Å². The lowest BCUT2D eigenvalue weighted by Crippen LogP contribution is -2.38. The maximum Gasteiger partial charge on any atom is 0.191 e. The number of nitrogens with zero attached hydrogens (tertiary/aromatic N) is 3. The summed E-state index contributed by atoms with van der Waals surface area (Å²) in [6, 6.07) is 10.3. The third kappa shape index (κ3) is 7.04. The molecule has 0 aliphatic rings. The molecule has 0 atom stereocenters. The topological polar surface area (TPSA) is 62.2 Å². The Labute approximate surface area is 198 Å². The van der Waals surface area contributed by atoms with Gasteiger partial charge in [0.2, 0.25) is 0 Å². The van der Waals surface area contributed by atoms with Crippen LogP contribution < -0.4 is 10.6 Å². The highest BCUT2D eigenvalue weighted by Crippen LogP contribution is 2.28. The van der Waals surface area contributed by atoms with Crippen LogP contribution in [0.15, 0.2) is 41.5 Å². The fraction of sp³-hybridized carbons (Fsp3) is 0.381. The summed E-state index contributed by atoms with van der Waals surface area (Å²) in [6.45, 7) is 8.58. The first kappa shape index (κ1) is 23.8. The molecule has 2 N–H and O–H groups in total. The van der Waals surface area contributed by atoms with E-state index in [4.69, 9.17) is 9.98 Å². The second kappa shape index (κ2) is 12.2. The van der Waals surface area contributed by atoms with Gasteiger partial charge in [-0.15, -0.1) is 46.7 Å². The first-order valence-corrected chi connectivity index (χ1v) is 11.3. The molecule has 0 saturated heterocycles. The molecule has 3 rings (SSSR count). The van der Waals surface area contributed by atoms with Crippen molar-refractivity contribution in [2.24, 2.45) is 4.99 Å². The number of aliphatic imine (C=N–C) groups is 1. The van der Waals surface area contributed by atoms with E-state index in [0.717, 1.165) is 48.2 Å². The van der Waals surface area contributed by atoms with Gasteiger partial charge in [-0.25, -0.2) is 15.0 Å². The van der Waals surface area contributed by atoms with Crippen LogP contribution in [0.25, 0.3) is 10.6 Å². The molecule has 2 aromatic heterocycles. The van der Waals surface area contributed by atoms with Crippen LogP contribution in [0, 0.1) is 6.92 Å². The fourth-order valence-corrected chi connectivity index (χ4v) is 4.54. The zero-order chi connectivity index (χ0) is 19.8. The van der Waals surface area contributed by atoms with Crippen LogP contribution in [0.4, 0.5) is 0 Å². The summed E-state index contributed by atoms with van der Waals surface area (Å²) >= 11 is 3.51. The maximum atomic E-state index is 4.75. The standard InChI is InChI=1S/C21H27N5S2.HI/c1-4-17-13-24-19(27-17)11-12-23-21(22-5-2)25-14-18-15(3)26-20(28-18)16-9-7-6-8-10-16;/h6-10,13H,4-5,11-12,14H2,1-3H3,(H2,22,23,25);1H. The van der Waals surface area contributed by atoms with Gasteiger partial charge in [0, 0.05) is 41.0 Å². The van der Waals surface area contributed by atoms with Gasteiger partial charge in [-0.3, -0.25) is 0 Å². The Morgan fingerprint density at radius 1 is 1.10 bits per heavy atom. The molecule has 0 aliphatic heterocycles. The van der Waals surface area contributed by atoms with E-state index in [0.29, 0.717) is 6.54 Å². The van der Waals surface area contributed by atoms with Crippen LogP contribution in [-0.4, -0.2) is 29.0 Å². The number of nitrogens with one attached hydrogen (secondary N) is 2. The highest BCUT2D eigenvalue weighted by Gasteiger charge is 2.09. The van der Waals surface area contributed by atoms with Crippen molar-refractivity contribution in [1.29, 1.82) is 0 Å². The fourth-order valence-electron chi connectivity index (χ4n) is 2.69. The van der Waals surface area contributed by atoms with Crippen LogP contribution in [-0.2, 0) is 19.4 Å². The van der Waals surface area contributed by atoms with Gasteiger partial charge in [0.1, 0.15) is 5.01 Å². The molecule has 0 spiro atoms. The van der Waals surface area contributed by atoms with Crippen LogP contribution in [0.1, 0.15) is 34.3 Å². The molecule has 156 valence electrons. The normalized spacial score (nSPS) is 11.2. The van der Waals surface area contributed by atoms with E-state index in [2.05, 4.69) is 48.5 Å². The lowest BCUT2D eigenvalue weighted by molar-refractivity contribution is 0.797. The second-order valence-corrected chi connectivity index (χ2v) is 8.62. The van der Waals surface area contributed by atoms with Crippen molar-refractivity contribution in [3.05, 3.63) is 57.0 Å². The number of halogens is 1. The molecular formula is C21H28IN5S2. The SMILES string of the molecule is CCNC(=NCc1sc(-c2ccccc2)nc1C)NCCc1ncc(CC)s1.I. The minimum absolute atomic E-state index is 0. The lowest BCUT2D eigenvalue weighted by Gasteiger charge is -2.10. The Morgan fingerprint density at radius 3 is 2.59 bits per heavy atom. The van der Waals surface area contributed by atoms with Crippen LogP contribution in [0.2, 0.25) is 0 Å². The van der Waals surface area contributed by atoms with Crippen LogP contribution >= 0.6 is 46.7 Å². The number of aromatic nitrogens is 2. The van der Waals surface area contributed by atoms with E-state index in [-0.39, 0.29) is 24.0 Å². The van der Waals surface area contributed by atoms with Crippen LogP contribution in [0.5, 0.6) is 0 Å². The predicted octanol–water partition coefficient (Wildman–Crippen LogP) is 5.05. The predicted molar refractivity (Wildman–Crippen MR) is 136 cm³/mol. The van der Waals surface area contributed by atoms with E-state index in [1.807, 2.05) is 24.4 Å². The summed E-state index contributed by atoms with van der Waals surface area (Å²) in [7, 11) is 0. The monoisotopic (exact) mass is 541 g/mol. The Hall–Kier alpha value is -1.52. The quantitative estimate of drug-likeness (QED) is 0.238. The van der Waals surface area contributed by atoms with Gasteiger partial charge in [-0.05, 0) is 20.3 Å². The molecule has 0 unspecified atom stereocenters. The second-order valence-electron chi connectivity index (χ2n) is 6.34. The molecule has 0 fully saturated rings. The summed E-state index contributed by atoms with van der Waals surface area (Å²) in [5, 5.41) is 8.96. The Bertz CT molecular complexity index is 905. The Morgan fingerprint density at radius 2 is 1.90 bits per heavy atom. The summed E-state index contributed by atoms with van der Waals surface area (Å²) in [5.74, 6) is 0.837. The van der Waals surface area contributed by atoms with Gasteiger partial charge in [0.25, 0.3) is 0 Å². The molecule has 8 heteroatoms. The average Bonchev–Trinajstić information content (AvgIpc) is 3.33. The zero-order valence-electron chi connectivity index (χ0n) is 17.1. The summed E-state index contributed by atoms with van der Waals surface area (Å²) in [5.41, 5.74) is 2.21. The van der Waals surface area contributed by atoms with Crippen LogP contribution in [0.3, 0.4) is 0 Å².